The number of rotatable bonds is 10. The first kappa shape index (κ1) is 28.1. The molecule has 0 bridgehead atoms. The highest BCUT2D eigenvalue weighted by Crippen LogP contribution is 2.29. The van der Waals surface area contributed by atoms with Crippen LogP contribution in [0.3, 0.4) is 0 Å². The van der Waals surface area contributed by atoms with Crippen LogP contribution in [0.15, 0.2) is 48.7 Å². The number of carbonyl (C=O) groups excluding carboxylic acids is 1. The molecule has 0 aliphatic carbocycles. The Morgan fingerprint density at radius 3 is 2.56 bits per heavy atom. The van der Waals surface area contributed by atoms with Crippen molar-refractivity contribution < 1.29 is 19.5 Å². The Morgan fingerprint density at radius 1 is 1.12 bits per heavy atom. The highest BCUT2D eigenvalue weighted by atomic mass is 16.5. The summed E-state index contributed by atoms with van der Waals surface area (Å²) >= 11 is 0. The van der Waals surface area contributed by atoms with Gasteiger partial charge in [-0.15, -0.1) is 0 Å². The van der Waals surface area contributed by atoms with E-state index in [0.29, 0.717) is 44.6 Å². The summed E-state index contributed by atoms with van der Waals surface area (Å²) < 4.78 is 13.0. The molecule has 1 fully saturated rings. The summed E-state index contributed by atoms with van der Waals surface area (Å²) in [5.74, 6) is 2.27. The number of methoxy groups -OCH3 is 1. The van der Waals surface area contributed by atoms with E-state index < -0.39 is 5.91 Å². The lowest BCUT2D eigenvalue weighted by molar-refractivity contribution is -0.124. The summed E-state index contributed by atoms with van der Waals surface area (Å²) in [6.45, 7) is 6.87. The normalized spacial score (nSPS) is 13.8. The molecule has 214 valence electrons. The zero-order valence-corrected chi connectivity index (χ0v) is 23.4. The number of aromatic nitrogens is 5. The highest BCUT2D eigenvalue weighted by molar-refractivity contribution is 5.90. The van der Waals surface area contributed by atoms with E-state index in [9.17, 15) is 4.79 Å². The van der Waals surface area contributed by atoms with Crippen LogP contribution in [0.2, 0.25) is 0 Å². The number of hydrogen-bond acceptors (Lipinski definition) is 10. The number of carbonyl (C=O) groups is 1. The fraction of sp³-hybridized carbons (Fsp3) is 0.345. The van der Waals surface area contributed by atoms with Gasteiger partial charge in [-0.2, -0.15) is 0 Å². The minimum atomic E-state index is -0.568. The molecule has 12 heteroatoms. The Bertz CT molecular complexity index is 1510. The van der Waals surface area contributed by atoms with Gasteiger partial charge in [-0.25, -0.2) is 25.4 Å². The predicted molar refractivity (Wildman–Crippen MR) is 154 cm³/mol. The van der Waals surface area contributed by atoms with Crippen LogP contribution in [0.25, 0.3) is 28.6 Å². The molecule has 41 heavy (non-hydrogen) atoms. The molecule has 0 spiro atoms. The van der Waals surface area contributed by atoms with Crippen molar-refractivity contribution in [2.75, 3.05) is 45.4 Å². The minimum absolute atomic E-state index is 0.535. The molecule has 12 nitrogen and oxygen atoms in total. The van der Waals surface area contributed by atoms with Crippen LogP contribution in [0.5, 0.6) is 5.88 Å². The molecule has 2 N–H and O–H groups in total. The zero-order chi connectivity index (χ0) is 28.8. The number of nitrogens with zero attached hydrogens (tertiary/aromatic N) is 7. The van der Waals surface area contributed by atoms with E-state index in [4.69, 9.17) is 29.6 Å². The first-order valence-corrected chi connectivity index (χ1v) is 13.5. The van der Waals surface area contributed by atoms with Gasteiger partial charge in [0.1, 0.15) is 5.82 Å². The van der Waals surface area contributed by atoms with E-state index in [2.05, 4.69) is 33.3 Å². The number of benzene rings is 1. The average molecular weight is 559 g/mol. The van der Waals surface area contributed by atoms with Gasteiger partial charge in [0.2, 0.25) is 5.88 Å². The van der Waals surface area contributed by atoms with E-state index in [1.807, 2.05) is 36.4 Å². The van der Waals surface area contributed by atoms with Crippen molar-refractivity contribution in [3.63, 3.8) is 0 Å². The molecule has 4 aromatic rings. The third-order valence-electron chi connectivity index (χ3n) is 6.87. The van der Waals surface area contributed by atoms with Gasteiger partial charge in [0.15, 0.2) is 22.8 Å². The van der Waals surface area contributed by atoms with Gasteiger partial charge >= 0.3 is 0 Å². The highest BCUT2D eigenvalue weighted by Gasteiger charge is 2.23. The molecule has 1 aliphatic heterocycles. The Labute approximate surface area is 238 Å². The number of anilines is 1. The summed E-state index contributed by atoms with van der Waals surface area (Å²) in [6.07, 6.45) is 4.65. The average Bonchev–Trinajstić information content (AvgIpc) is 3.37. The number of fused-ring (bicyclic) bond motifs is 1. The van der Waals surface area contributed by atoms with Gasteiger partial charge in [0.05, 0.1) is 26.9 Å². The van der Waals surface area contributed by atoms with Gasteiger partial charge in [0.25, 0.3) is 5.91 Å². The predicted octanol–water partition coefficient (Wildman–Crippen LogP) is 2.90. The Balaban J connectivity index is 1.43. The number of imidazole rings is 1. The number of morpholine rings is 1. The molecule has 1 amide bonds. The maximum Gasteiger partial charge on any atom is 0.267 e. The topological polar surface area (TPSA) is 131 Å². The third-order valence-corrected chi connectivity index (χ3v) is 6.87. The molecule has 1 aromatic carbocycles. The number of nitrogens with one attached hydrogen (secondary N) is 1. The van der Waals surface area contributed by atoms with Crippen LogP contribution in [0.4, 0.5) is 5.82 Å². The number of amides is 1. The molecule has 0 saturated carbocycles. The fourth-order valence-corrected chi connectivity index (χ4v) is 4.79. The molecule has 3 aromatic heterocycles. The van der Waals surface area contributed by atoms with Gasteiger partial charge in [0, 0.05) is 50.1 Å². The monoisotopic (exact) mass is 558 g/mol. The third kappa shape index (κ3) is 6.51. The molecule has 0 radical (unpaired) electrons. The molecule has 4 heterocycles. The summed E-state index contributed by atoms with van der Waals surface area (Å²) in [7, 11) is 3.65. The lowest BCUT2D eigenvalue weighted by Crippen LogP contribution is -2.37. The van der Waals surface area contributed by atoms with Crippen LogP contribution in [-0.4, -0.2) is 81.0 Å². The molecular weight excluding hydrogens is 524 g/mol. The molecular formula is C29H34N8O4. The van der Waals surface area contributed by atoms with Crippen molar-refractivity contribution in [3.8, 4) is 17.3 Å². The lowest BCUT2D eigenvalue weighted by Gasteiger charge is -2.28. The van der Waals surface area contributed by atoms with Crippen molar-refractivity contribution in [1.29, 1.82) is 0 Å². The largest absolute Gasteiger partial charge is 0.481 e. The Hall–Kier alpha value is -4.39. The molecule has 1 aliphatic rings. The van der Waals surface area contributed by atoms with Gasteiger partial charge in [-0.3, -0.25) is 14.9 Å². The van der Waals surface area contributed by atoms with Crippen LogP contribution in [-0.2, 0) is 29.2 Å². The van der Waals surface area contributed by atoms with Crippen LogP contribution in [0, 0.1) is 0 Å². The van der Waals surface area contributed by atoms with Gasteiger partial charge in [-0.1, -0.05) is 24.3 Å². The smallest absolute Gasteiger partial charge is 0.267 e. The van der Waals surface area contributed by atoms with Gasteiger partial charge < -0.3 is 18.9 Å². The fourth-order valence-electron chi connectivity index (χ4n) is 4.79. The van der Waals surface area contributed by atoms with E-state index in [0.717, 1.165) is 52.6 Å². The summed E-state index contributed by atoms with van der Waals surface area (Å²) in [5.41, 5.74) is 5.96. The van der Waals surface area contributed by atoms with Crippen molar-refractivity contribution in [1.82, 2.24) is 34.9 Å². The number of pyridine rings is 1. The van der Waals surface area contributed by atoms with Crippen LogP contribution >= 0.6 is 0 Å². The van der Waals surface area contributed by atoms with Gasteiger partial charge in [-0.05, 0) is 37.2 Å². The lowest BCUT2D eigenvalue weighted by atomic mass is 10.1. The first-order valence-electron chi connectivity index (χ1n) is 13.5. The summed E-state index contributed by atoms with van der Waals surface area (Å²) in [4.78, 5) is 35.0. The summed E-state index contributed by atoms with van der Waals surface area (Å²) in [5, 5.41) is 8.64. The van der Waals surface area contributed by atoms with E-state index in [-0.39, 0.29) is 0 Å². The Kier molecular flexibility index (Phi) is 8.82. The molecule has 0 unspecified atom stereocenters. The number of hydrogen-bond donors (Lipinski definition) is 2. The first-order chi connectivity index (χ1) is 20.0. The summed E-state index contributed by atoms with van der Waals surface area (Å²) in [6, 6.07) is 11.6. The quantitative estimate of drug-likeness (QED) is 0.170. The van der Waals surface area contributed by atoms with E-state index in [1.54, 1.807) is 24.9 Å². The SMILES string of the molecule is CCn1c(CN(C)Cc2ccc(/C=C/C(=O)NO)cc2)nc2c(N3CCOCC3)nc(-c3ccc(OC)nc3)nc21. The second-order valence-corrected chi connectivity index (χ2v) is 9.73. The zero-order valence-electron chi connectivity index (χ0n) is 23.4. The van der Waals surface area contributed by atoms with Crippen molar-refractivity contribution in [3.05, 3.63) is 65.6 Å². The minimum Gasteiger partial charge on any atom is -0.481 e. The molecule has 0 atom stereocenters. The second-order valence-electron chi connectivity index (χ2n) is 9.73. The van der Waals surface area contributed by atoms with Crippen molar-refractivity contribution in [2.45, 2.75) is 26.6 Å². The van der Waals surface area contributed by atoms with Crippen LogP contribution < -0.4 is 15.1 Å². The maximum atomic E-state index is 11.2. The maximum absolute atomic E-state index is 11.2. The molecule has 1 saturated heterocycles. The van der Waals surface area contributed by atoms with Crippen LogP contribution in [0.1, 0.15) is 23.9 Å². The van der Waals surface area contributed by atoms with Crippen molar-refractivity contribution in [2.24, 2.45) is 0 Å². The van der Waals surface area contributed by atoms with Crippen molar-refractivity contribution >= 4 is 29.0 Å². The number of hydroxylamine groups is 1. The Morgan fingerprint density at radius 2 is 1.90 bits per heavy atom. The number of ether oxygens (including phenoxy) is 2. The standard InChI is InChI=1S/C29H34N8O4/c1-4-37-23(19-35(2)18-21-7-5-20(6-8-21)9-11-24(38)34-39)31-26-28(36-13-15-41-16-14-36)32-27(33-29(26)37)22-10-12-25(40-3)30-17-22/h5-12,17,39H,4,13-16,18-19H2,1-3H3,(H,34,38)/b11-9+. The molecule has 5 rings (SSSR count). The second kappa shape index (κ2) is 12.9. The van der Waals surface area contributed by atoms with E-state index in [1.165, 1.54) is 6.08 Å². The number of aryl methyl sites for hydroxylation is 1. The van der Waals surface area contributed by atoms with E-state index >= 15 is 0 Å².